The van der Waals surface area contributed by atoms with Crippen LogP contribution in [-0.2, 0) is 6.54 Å². The van der Waals surface area contributed by atoms with Crippen LogP contribution in [0.25, 0.3) is 11.0 Å². The molecule has 21 heavy (non-hydrogen) atoms. The number of aromatic nitrogens is 2. The van der Waals surface area contributed by atoms with Gasteiger partial charge in [-0.2, -0.15) is 0 Å². The summed E-state index contributed by atoms with van der Waals surface area (Å²) in [7, 11) is 0. The molecule has 2 aromatic rings. The van der Waals surface area contributed by atoms with E-state index in [4.69, 9.17) is 0 Å². The molecule has 0 saturated heterocycles. The summed E-state index contributed by atoms with van der Waals surface area (Å²) in [4.78, 5) is 4.44. The van der Waals surface area contributed by atoms with Gasteiger partial charge >= 0.3 is 0 Å². The largest absolute Gasteiger partial charge is 0.346 e. The molecular weight excluding hydrogens is 324 g/mol. The van der Waals surface area contributed by atoms with Gasteiger partial charge in [-0.25, -0.2) is 4.98 Å². The number of hydrogen-bond acceptors (Lipinski definition) is 1. The van der Waals surface area contributed by atoms with Crippen LogP contribution in [0.5, 0.6) is 0 Å². The van der Waals surface area contributed by atoms with E-state index in [0.717, 1.165) is 16.7 Å². The standard InChI is InChI=1S/C10H11BrN2.4C2H6/c1-3-13-6-7(2)10-8(13)4-5-9(11)12-10;4*1-2/h4-6H,3H2,1-2H3;4*1-2H3. The minimum atomic E-state index is 0.900. The molecule has 0 unspecified atom stereocenters. The first-order valence-corrected chi connectivity index (χ1v) is 9.13. The van der Waals surface area contributed by atoms with Crippen molar-refractivity contribution in [1.82, 2.24) is 9.55 Å². The van der Waals surface area contributed by atoms with E-state index in [1.807, 2.05) is 61.5 Å². The minimum absolute atomic E-state index is 0.900. The van der Waals surface area contributed by atoms with Crippen LogP contribution in [0, 0.1) is 6.92 Å². The fraction of sp³-hybridized carbons (Fsp3) is 0.611. The summed E-state index contributed by atoms with van der Waals surface area (Å²) in [6.07, 6.45) is 2.14. The van der Waals surface area contributed by atoms with E-state index >= 15 is 0 Å². The molecule has 2 rings (SSSR count). The van der Waals surface area contributed by atoms with Crippen molar-refractivity contribution in [3.63, 3.8) is 0 Å². The zero-order valence-corrected chi connectivity index (χ0v) is 17.3. The predicted molar refractivity (Wildman–Crippen MR) is 103 cm³/mol. The third-order valence-electron chi connectivity index (χ3n) is 2.21. The summed E-state index contributed by atoms with van der Waals surface area (Å²) in [6, 6.07) is 4.08. The van der Waals surface area contributed by atoms with E-state index in [1.54, 1.807) is 0 Å². The maximum Gasteiger partial charge on any atom is 0.106 e. The Morgan fingerprint density at radius 2 is 1.43 bits per heavy atom. The first kappa shape index (κ1) is 25.1. The zero-order chi connectivity index (χ0) is 17.4. The topological polar surface area (TPSA) is 17.8 Å². The lowest BCUT2D eigenvalue weighted by molar-refractivity contribution is 0.795. The first-order valence-electron chi connectivity index (χ1n) is 8.34. The molecule has 0 atom stereocenters. The van der Waals surface area contributed by atoms with E-state index in [1.165, 1.54) is 11.1 Å². The molecule has 0 fully saturated rings. The second-order valence-electron chi connectivity index (χ2n) is 3.10. The van der Waals surface area contributed by atoms with Crippen LogP contribution in [0.15, 0.2) is 22.9 Å². The van der Waals surface area contributed by atoms with Gasteiger partial charge < -0.3 is 4.57 Å². The monoisotopic (exact) mass is 358 g/mol. The highest BCUT2D eigenvalue weighted by atomic mass is 79.9. The smallest absolute Gasteiger partial charge is 0.106 e. The molecule has 0 spiro atoms. The summed E-state index contributed by atoms with van der Waals surface area (Å²) in [5, 5.41) is 0. The van der Waals surface area contributed by atoms with Crippen LogP contribution in [0.4, 0.5) is 0 Å². The summed E-state index contributed by atoms with van der Waals surface area (Å²) < 4.78 is 3.11. The molecule has 2 heterocycles. The number of halogens is 1. The van der Waals surface area contributed by atoms with Crippen molar-refractivity contribution in [2.75, 3.05) is 0 Å². The highest BCUT2D eigenvalue weighted by Crippen LogP contribution is 2.20. The SMILES string of the molecule is CC.CC.CC.CC.CCn1cc(C)c2nc(Br)ccc21. The Balaban J connectivity index is -0.000000353. The van der Waals surface area contributed by atoms with Crippen LogP contribution in [0.3, 0.4) is 0 Å². The Morgan fingerprint density at radius 1 is 0.952 bits per heavy atom. The summed E-state index contributed by atoms with van der Waals surface area (Å²) in [6.45, 7) is 21.2. The molecule has 0 radical (unpaired) electrons. The van der Waals surface area contributed by atoms with Crippen LogP contribution >= 0.6 is 15.9 Å². The Morgan fingerprint density at radius 3 is 1.86 bits per heavy atom. The zero-order valence-electron chi connectivity index (χ0n) is 15.7. The normalized spacial score (nSPS) is 7.95. The average molecular weight is 359 g/mol. The van der Waals surface area contributed by atoms with Crippen LogP contribution in [0.1, 0.15) is 67.9 Å². The molecule has 2 nitrogen and oxygen atoms in total. The fourth-order valence-electron chi connectivity index (χ4n) is 1.58. The number of aryl methyl sites for hydroxylation is 2. The molecule has 2 aromatic heterocycles. The predicted octanol–water partition coefficient (Wildman–Crippen LogP) is 7.23. The summed E-state index contributed by atoms with van der Waals surface area (Å²) in [5.74, 6) is 0. The van der Waals surface area contributed by atoms with Gasteiger partial charge in [-0.05, 0) is 47.5 Å². The number of pyridine rings is 1. The third-order valence-corrected chi connectivity index (χ3v) is 2.65. The molecule has 0 saturated carbocycles. The fourth-order valence-corrected chi connectivity index (χ4v) is 1.89. The van der Waals surface area contributed by atoms with Crippen molar-refractivity contribution in [2.45, 2.75) is 75.8 Å². The molecular formula is C18H35BrN2. The van der Waals surface area contributed by atoms with Gasteiger partial charge in [-0.15, -0.1) is 0 Å². The van der Waals surface area contributed by atoms with Crippen molar-refractivity contribution < 1.29 is 0 Å². The molecule has 0 aliphatic rings. The van der Waals surface area contributed by atoms with E-state index < -0.39 is 0 Å². The van der Waals surface area contributed by atoms with Gasteiger partial charge in [0.25, 0.3) is 0 Å². The summed E-state index contributed by atoms with van der Waals surface area (Å²) >= 11 is 3.38. The van der Waals surface area contributed by atoms with Crippen LogP contribution in [0.2, 0.25) is 0 Å². The Hall–Kier alpha value is -0.830. The number of hydrogen-bond donors (Lipinski definition) is 0. The van der Waals surface area contributed by atoms with E-state index in [-0.39, 0.29) is 0 Å². The van der Waals surface area contributed by atoms with Gasteiger partial charge in [-0.3, -0.25) is 0 Å². The third kappa shape index (κ3) is 8.25. The Kier molecular flexibility index (Phi) is 20.6. The van der Waals surface area contributed by atoms with Crippen LogP contribution in [-0.4, -0.2) is 9.55 Å². The van der Waals surface area contributed by atoms with Crippen molar-refractivity contribution >= 4 is 27.0 Å². The highest BCUT2D eigenvalue weighted by molar-refractivity contribution is 9.10. The second-order valence-corrected chi connectivity index (χ2v) is 3.91. The summed E-state index contributed by atoms with van der Waals surface area (Å²) in [5.41, 5.74) is 3.54. The van der Waals surface area contributed by atoms with Crippen molar-refractivity contribution in [3.8, 4) is 0 Å². The van der Waals surface area contributed by atoms with Gasteiger partial charge in [-0.1, -0.05) is 55.4 Å². The maximum absolute atomic E-state index is 4.44. The first-order chi connectivity index (χ1) is 10.2. The highest BCUT2D eigenvalue weighted by Gasteiger charge is 2.05. The van der Waals surface area contributed by atoms with Crippen molar-refractivity contribution in [3.05, 3.63) is 28.5 Å². The molecule has 3 heteroatoms. The van der Waals surface area contributed by atoms with Gasteiger partial charge in [0, 0.05) is 12.7 Å². The van der Waals surface area contributed by atoms with Gasteiger partial charge in [0.1, 0.15) is 4.60 Å². The lowest BCUT2D eigenvalue weighted by Crippen LogP contribution is -1.90. The van der Waals surface area contributed by atoms with E-state index in [0.29, 0.717) is 0 Å². The quantitative estimate of drug-likeness (QED) is 0.491. The lowest BCUT2D eigenvalue weighted by atomic mass is 10.3. The molecule has 0 aromatic carbocycles. The average Bonchev–Trinajstić information content (AvgIpc) is 2.91. The lowest BCUT2D eigenvalue weighted by Gasteiger charge is -1.98. The van der Waals surface area contributed by atoms with Gasteiger partial charge in [0.15, 0.2) is 0 Å². The molecule has 0 aliphatic heterocycles. The maximum atomic E-state index is 4.44. The Bertz CT molecular complexity index is 448. The van der Waals surface area contributed by atoms with E-state index in [2.05, 4.69) is 51.6 Å². The van der Waals surface area contributed by atoms with Crippen molar-refractivity contribution in [2.24, 2.45) is 0 Å². The van der Waals surface area contributed by atoms with Crippen LogP contribution < -0.4 is 0 Å². The number of fused-ring (bicyclic) bond motifs is 1. The molecule has 124 valence electrons. The Labute approximate surface area is 141 Å². The molecule has 0 bridgehead atoms. The molecule has 0 aliphatic carbocycles. The number of nitrogens with zero attached hydrogens (tertiary/aromatic N) is 2. The number of rotatable bonds is 1. The van der Waals surface area contributed by atoms with Crippen molar-refractivity contribution in [1.29, 1.82) is 0 Å². The minimum Gasteiger partial charge on any atom is -0.346 e. The molecule has 0 amide bonds. The van der Waals surface area contributed by atoms with Gasteiger partial charge in [0.05, 0.1) is 11.0 Å². The second kappa shape index (κ2) is 17.2. The van der Waals surface area contributed by atoms with Gasteiger partial charge in [0.2, 0.25) is 0 Å². The van der Waals surface area contributed by atoms with E-state index in [9.17, 15) is 0 Å². The molecule has 0 N–H and O–H groups in total.